The summed E-state index contributed by atoms with van der Waals surface area (Å²) in [7, 11) is 0. The van der Waals surface area contributed by atoms with E-state index in [2.05, 4.69) is 6.07 Å². The van der Waals surface area contributed by atoms with Gasteiger partial charge in [-0.25, -0.2) is 4.79 Å². The molecule has 3 nitrogen and oxygen atoms in total. The maximum atomic E-state index is 10.9. The van der Waals surface area contributed by atoms with Gasteiger partial charge in [0.1, 0.15) is 12.4 Å². The number of aryl methyl sites for hydroxylation is 3. The number of carboxylic acid groups (broad SMARTS) is 1. The average Bonchev–Trinajstić information content (AvgIpc) is 2.40. The van der Waals surface area contributed by atoms with Crippen molar-refractivity contribution < 1.29 is 14.6 Å². The third-order valence-corrected chi connectivity index (χ3v) is 3.32. The highest BCUT2D eigenvalue weighted by atomic mass is 16.5. The molecule has 1 N–H and O–H groups in total. The molecule has 3 heteroatoms. The molecule has 0 saturated heterocycles. The van der Waals surface area contributed by atoms with Gasteiger partial charge in [-0.15, -0.1) is 0 Å². The summed E-state index contributed by atoms with van der Waals surface area (Å²) in [6, 6.07) is 11.2. The molecule has 2 aromatic rings. The number of benzene rings is 2. The van der Waals surface area contributed by atoms with Crippen LogP contribution in [-0.4, -0.2) is 11.1 Å². The summed E-state index contributed by atoms with van der Waals surface area (Å²) in [5, 5.41) is 8.94. The molecule has 0 aliphatic rings. The van der Waals surface area contributed by atoms with Crippen molar-refractivity contribution in [3.63, 3.8) is 0 Å². The van der Waals surface area contributed by atoms with Crippen LogP contribution in [-0.2, 0) is 6.61 Å². The van der Waals surface area contributed by atoms with Gasteiger partial charge in [0, 0.05) is 0 Å². The van der Waals surface area contributed by atoms with Crippen molar-refractivity contribution in [1.29, 1.82) is 0 Å². The zero-order valence-corrected chi connectivity index (χ0v) is 11.9. The molecule has 0 saturated carbocycles. The van der Waals surface area contributed by atoms with E-state index in [1.165, 1.54) is 0 Å². The Morgan fingerprint density at radius 2 is 1.80 bits per heavy atom. The van der Waals surface area contributed by atoms with E-state index in [1.54, 1.807) is 12.1 Å². The Balaban J connectivity index is 2.15. The molecule has 0 aliphatic heterocycles. The molecule has 0 heterocycles. The van der Waals surface area contributed by atoms with Gasteiger partial charge in [-0.2, -0.15) is 0 Å². The molecule has 0 unspecified atom stereocenters. The first-order valence-electron chi connectivity index (χ1n) is 6.50. The minimum Gasteiger partial charge on any atom is -0.489 e. The van der Waals surface area contributed by atoms with Gasteiger partial charge in [-0.3, -0.25) is 0 Å². The second-order valence-corrected chi connectivity index (χ2v) is 5.00. The highest BCUT2D eigenvalue weighted by Gasteiger charge is 2.07. The molecule has 0 spiro atoms. The van der Waals surface area contributed by atoms with Crippen LogP contribution < -0.4 is 4.74 Å². The van der Waals surface area contributed by atoms with E-state index in [1.807, 2.05) is 39.0 Å². The normalized spacial score (nSPS) is 10.3. The van der Waals surface area contributed by atoms with Crippen molar-refractivity contribution in [1.82, 2.24) is 0 Å². The molecule has 0 fully saturated rings. The summed E-state index contributed by atoms with van der Waals surface area (Å²) in [5.74, 6) is -0.0400. The van der Waals surface area contributed by atoms with Gasteiger partial charge in [0.05, 0.1) is 5.56 Å². The summed E-state index contributed by atoms with van der Waals surface area (Å²) in [6.07, 6.45) is 0. The largest absolute Gasteiger partial charge is 0.489 e. The highest BCUT2D eigenvalue weighted by molar-refractivity contribution is 5.87. The summed E-state index contributed by atoms with van der Waals surface area (Å²) in [5.41, 5.74) is 4.48. The van der Waals surface area contributed by atoms with Crippen LogP contribution in [0.3, 0.4) is 0 Å². The molecule has 0 aromatic heterocycles. The molecule has 0 amide bonds. The minimum absolute atomic E-state index is 0.304. The van der Waals surface area contributed by atoms with Crippen molar-refractivity contribution in [3.8, 4) is 5.75 Å². The molecule has 2 aromatic carbocycles. The summed E-state index contributed by atoms with van der Waals surface area (Å²) in [4.78, 5) is 10.9. The molecule has 104 valence electrons. The maximum absolute atomic E-state index is 10.9. The van der Waals surface area contributed by atoms with E-state index in [4.69, 9.17) is 9.84 Å². The van der Waals surface area contributed by atoms with Crippen LogP contribution in [0.1, 0.15) is 32.6 Å². The fourth-order valence-corrected chi connectivity index (χ4v) is 2.01. The Bertz CT molecular complexity index is 645. The lowest BCUT2D eigenvalue weighted by molar-refractivity contribution is 0.0696. The standard InChI is InChI=1S/C17H18O3/c1-11-4-5-12(2)16(8-11)20-10-15-7-6-14(17(18)19)9-13(15)3/h4-9H,10H2,1-3H3,(H,18,19). The SMILES string of the molecule is Cc1ccc(C)c(OCc2ccc(C(=O)O)cc2C)c1. The topological polar surface area (TPSA) is 46.5 Å². The van der Waals surface area contributed by atoms with E-state index >= 15 is 0 Å². The molecule has 0 aliphatic carbocycles. The second kappa shape index (κ2) is 5.78. The van der Waals surface area contributed by atoms with Crippen molar-refractivity contribution in [2.75, 3.05) is 0 Å². The van der Waals surface area contributed by atoms with Crippen molar-refractivity contribution in [2.24, 2.45) is 0 Å². The van der Waals surface area contributed by atoms with Crippen LogP contribution in [0.25, 0.3) is 0 Å². The number of hydrogen-bond donors (Lipinski definition) is 1. The maximum Gasteiger partial charge on any atom is 0.335 e. The number of carboxylic acids is 1. The summed E-state index contributed by atoms with van der Waals surface area (Å²) < 4.78 is 5.84. The minimum atomic E-state index is -0.907. The molecule has 2 rings (SSSR count). The lowest BCUT2D eigenvalue weighted by atomic mass is 10.1. The van der Waals surface area contributed by atoms with Gasteiger partial charge in [0.25, 0.3) is 0 Å². The fourth-order valence-electron chi connectivity index (χ4n) is 2.01. The third kappa shape index (κ3) is 3.18. The van der Waals surface area contributed by atoms with Crippen LogP contribution in [0, 0.1) is 20.8 Å². The van der Waals surface area contributed by atoms with E-state index in [-0.39, 0.29) is 0 Å². The Morgan fingerprint density at radius 1 is 1.05 bits per heavy atom. The molecule has 0 bridgehead atoms. The number of aromatic carboxylic acids is 1. The average molecular weight is 270 g/mol. The number of rotatable bonds is 4. The van der Waals surface area contributed by atoms with Crippen LogP contribution >= 0.6 is 0 Å². The lowest BCUT2D eigenvalue weighted by Crippen LogP contribution is -2.02. The van der Waals surface area contributed by atoms with Crippen LogP contribution in [0.5, 0.6) is 5.75 Å². The van der Waals surface area contributed by atoms with Gasteiger partial charge in [0.15, 0.2) is 0 Å². The van der Waals surface area contributed by atoms with Gasteiger partial charge < -0.3 is 9.84 Å². The van der Waals surface area contributed by atoms with E-state index < -0.39 is 5.97 Å². The third-order valence-electron chi connectivity index (χ3n) is 3.32. The van der Waals surface area contributed by atoms with Crippen LogP contribution in [0.4, 0.5) is 0 Å². The zero-order valence-electron chi connectivity index (χ0n) is 11.9. The quantitative estimate of drug-likeness (QED) is 0.916. The first-order chi connectivity index (χ1) is 9.47. The van der Waals surface area contributed by atoms with Crippen molar-refractivity contribution >= 4 is 5.97 Å². The fraction of sp³-hybridized carbons (Fsp3) is 0.235. The van der Waals surface area contributed by atoms with Crippen LogP contribution in [0.2, 0.25) is 0 Å². The number of carbonyl (C=O) groups is 1. The molecular formula is C17H18O3. The Kier molecular flexibility index (Phi) is 4.08. The van der Waals surface area contributed by atoms with Gasteiger partial charge in [-0.1, -0.05) is 18.2 Å². The van der Waals surface area contributed by atoms with Crippen molar-refractivity contribution in [2.45, 2.75) is 27.4 Å². The Labute approximate surface area is 118 Å². The molecule has 20 heavy (non-hydrogen) atoms. The highest BCUT2D eigenvalue weighted by Crippen LogP contribution is 2.21. The smallest absolute Gasteiger partial charge is 0.335 e. The van der Waals surface area contributed by atoms with Gasteiger partial charge in [0.2, 0.25) is 0 Å². The molecule has 0 atom stereocenters. The predicted molar refractivity (Wildman–Crippen MR) is 78.4 cm³/mol. The first kappa shape index (κ1) is 14.1. The second-order valence-electron chi connectivity index (χ2n) is 5.00. The summed E-state index contributed by atoms with van der Waals surface area (Å²) >= 11 is 0. The predicted octanol–water partition coefficient (Wildman–Crippen LogP) is 3.89. The lowest BCUT2D eigenvalue weighted by Gasteiger charge is -2.12. The molecule has 0 radical (unpaired) electrons. The first-order valence-corrected chi connectivity index (χ1v) is 6.50. The summed E-state index contributed by atoms with van der Waals surface area (Å²) in [6.45, 7) is 6.37. The van der Waals surface area contributed by atoms with E-state index in [0.717, 1.165) is 28.0 Å². The zero-order chi connectivity index (χ0) is 14.7. The number of ether oxygens (including phenoxy) is 1. The monoisotopic (exact) mass is 270 g/mol. The number of hydrogen-bond acceptors (Lipinski definition) is 2. The molecular weight excluding hydrogens is 252 g/mol. The van der Waals surface area contributed by atoms with Gasteiger partial charge >= 0.3 is 5.97 Å². The van der Waals surface area contributed by atoms with E-state index in [0.29, 0.717) is 12.2 Å². The van der Waals surface area contributed by atoms with E-state index in [9.17, 15) is 4.79 Å². The Morgan fingerprint density at radius 3 is 2.45 bits per heavy atom. The Hall–Kier alpha value is -2.29. The van der Waals surface area contributed by atoms with Gasteiger partial charge in [-0.05, 0) is 61.2 Å². The van der Waals surface area contributed by atoms with Crippen molar-refractivity contribution in [3.05, 3.63) is 64.2 Å². The van der Waals surface area contributed by atoms with Crippen LogP contribution in [0.15, 0.2) is 36.4 Å².